The largest absolute Gasteiger partial charge is 0.505 e. The maximum Gasteiger partial charge on any atom is 0.351 e. The molecule has 78 valence electrons. The van der Waals surface area contributed by atoms with Crippen LogP contribution in [0.2, 0.25) is 0 Å². The summed E-state index contributed by atoms with van der Waals surface area (Å²) in [7, 11) is 1.30. The van der Waals surface area contributed by atoms with Gasteiger partial charge in [-0.25, -0.2) is 4.79 Å². The van der Waals surface area contributed by atoms with E-state index in [1.807, 2.05) is 25.1 Å². The van der Waals surface area contributed by atoms with Crippen molar-refractivity contribution < 1.29 is 14.6 Å². The zero-order chi connectivity index (χ0) is 11.0. The Bertz CT molecular complexity index is 528. The summed E-state index contributed by atoms with van der Waals surface area (Å²) in [4.78, 5) is 11.6. The van der Waals surface area contributed by atoms with E-state index in [1.54, 1.807) is 0 Å². The van der Waals surface area contributed by atoms with Gasteiger partial charge in [-0.15, -0.1) is 11.3 Å². The fraction of sp³-hybridized carbons (Fsp3) is 0.182. The van der Waals surface area contributed by atoms with Crippen LogP contribution < -0.4 is 0 Å². The highest BCUT2D eigenvalue weighted by Crippen LogP contribution is 2.37. The molecule has 1 aromatic heterocycles. The smallest absolute Gasteiger partial charge is 0.351 e. The third-order valence-corrected chi connectivity index (χ3v) is 3.31. The molecule has 0 fully saturated rings. The number of esters is 1. The molecule has 1 aromatic carbocycles. The minimum Gasteiger partial charge on any atom is -0.505 e. The number of hydrogen-bond donors (Lipinski definition) is 1. The molecule has 0 radical (unpaired) electrons. The van der Waals surface area contributed by atoms with Gasteiger partial charge in [-0.2, -0.15) is 0 Å². The normalized spacial score (nSPS) is 10.5. The Morgan fingerprint density at radius 1 is 1.47 bits per heavy atom. The number of benzene rings is 1. The Morgan fingerprint density at radius 2 is 2.20 bits per heavy atom. The Balaban J connectivity index is 2.69. The predicted octanol–water partition coefficient (Wildman–Crippen LogP) is 2.70. The molecule has 0 aliphatic heterocycles. The van der Waals surface area contributed by atoms with E-state index < -0.39 is 5.97 Å². The summed E-state index contributed by atoms with van der Waals surface area (Å²) in [5.41, 5.74) is 1.10. The lowest BCUT2D eigenvalue weighted by molar-refractivity contribution is 0.0603. The first-order valence-electron chi connectivity index (χ1n) is 4.44. The molecular weight excluding hydrogens is 212 g/mol. The molecular formula is C11H10O3S. The third kappa shape index (κ3) is 1.57. The van der Waals surface area contributed by atoms with Crippen molar-refractivity contribution in [3.8, 4) is 5.75 Å². The summed E-state index contributed by atoms with van der Waals surface area (Å²) in [5.74, 6) is -0.479. The van der Waals surface area contributed by atoms with Crippen molar-refractivity contribution in [1.82, 2.24) is 0 Å². The van der Waals surface area contributed by atoms with Crippen LogP contribution in [-0.4, -0.2) is 18.2 Å². The van der Waals surface area contributed by atoms with Gasteiger partial charge in [-0.1, -0.05) is 6.07 Å². The second kappa shape index (κ2) is 3.55. The van der Waals surface area contributed by atoms with Crippen molar-refractivity contribution in [3.63, 3.8) is 0 Å². The number of carbonyl (C=O) groups excluding carboxylic acids is 1. The molecule has 0 saturated heterocycles. The molecule has 15 heavy (non-hydrogen) atoms. The van der Waals surface area contributed by atoms with Crippen molar-refractivity contribution in [2.45, 2.75) is 6.92 Å². The van der Waals surface area contributed by atoms with Crippen LogP contribution in [0.5, 0.6) is 5.75 Å². The summed E-state index contributed by atoms with van der Waals surface area (Å²) in [6.45, 7) is 1.97. The molecule has 2 aromatic rings. The maximum atomic E-state index is 11.3. The monoisotopic (exact) mass is 222 g/mol. The quantitative estimate of drug-likeness (QED) is 0.754. The van der Waals surface area contributed by atoms with Crippen molar-refractivity contribution in [3.05, 3.63) is 28.6 Å². The first kappa shape index (κ1) is 9.98. The number of aryl methyl sites for hydroxylation is 1. The Morgan fingerprint density at radius 3 is 2.87 bits per heavy atom. The van der Waals surface area contributed by atoms with Crippen LogP contribution in [-0.2, 0) is 4.74 Å². The molecule has 0 atom stereocenters. The van der Waals surface area contributed by atoms with Crippen molar-refractivity contribution in [2.24, 2.45) is 0 Å². The van der Waals surface area contributed by atoms with E-state index >= 15 is 0 Å². The van der Waals surface area contributed by atoms with Gasteiger partial charge in [0.2, 0.25) is 0 Å². The van der Waals surface area contributed by atoms with Crippen LogP contribution in [0.25, 0.3) is 10.1 Å². The van der Waals surface area contributed by atoms with Crippen LogP contribution >= 0.6 is 11.3 Å². The van der Waals surface area contributed by atoms with Gasteiger partial charge in [-0.05, 0) is 24.6 Å². The zero-order valence-electron chi connectivity index (χ0n) is 8.40. The average molecular weight is 222 g/mol. The molecule has 0 aliphatic rings. The Labute approximate surface area is 90.9 Å². The van der Waals surface area contributed by atoms with E-state index in [9.17, 15) is 9.90 Å². The predicted molar refractivity (Wildman–Crippen MR) is 59.6 cm³/mol. The molecule has 0 bridgehead atoms. The number of methoxy groups -OCH3 is 1. The van der Waals surface area contributed by atoms with E-state index in [0.29, 0.717) is 5.39 Å². The molecule has 3 nitrogen and oxygen atoms in total. The minimum atomic E-state index is -0.494. The van der Waals surface area contributed by atoms with Gasteiger partial charge in [0.05, 0.1) is 7.11 Å². The molecule has 0 amide bonds. The van der Waals surface area contributed by atoms with E-state index in [0.717, 1.165) is 10.3 Å². The van der Waals surface area contributed by atoms with E-state index in [4.69, 9.17) is 0 Å². The van der Waals surface area contributed by atoms with Gasteiger partial charge in [0.15, 0.2) is 4.88 Å². The molecule has 4 heteroatoms. The summed E-state index contributed by atoms with van der Waals surface area (Å²) in [6, 6.07) is 5.64. The van der Waals surface area contributed by atoms with E-state index in [2.05, 4.69) is 4.74 Å². The molecule has 1 N–H and O–H groups in total. The number of hydrogen-bond acceptors (Lipinski definition) is 4. The third-order valence-electron chi connectivity index (χ3n) is 2.19. The van der Waals surface area contributed by atoms with Crippen LogP contribution in [0.15, 0.2) is 18.2 Å². The second-order valence-corrected chi connectivity index (χ2v) is 4.32. The Hall–Kier alpha value is -1.55. The highest BCUT2D eigenvalue weighted by Gasteiger charge is 2.17. The highest BCUT2D eigenvalue weighted by atomic mass is 32.1. The molecule has 1 heterocycles. The molecule has 0 aliphatic carbocycles. The fourth-order valence-corrected chi connectivity index (χ4v) is 2.53. The maximum absolute atomic E-state index is 11.3. The van der Waals surface area contributed by atoms with E-state index in [-0.39, 0.29) is 10.6 Å². The summed E-state index contributed by atoms with van der Waals surface area (Å²) in [6.07, 6.45) is 0. The topological polar surface area (TPSA) is 46.5 Å². The lowest BCUT2D eigenvalue weighted by atomic mass is 10.2. The van der Waals surface area contributed by atoms with Gasteiger partial charge in [0.25, 0.3) is 0 Å². The second-order valence-electron chi connectivity index (χ2n) is 3.27. The SMILES string of the molecule is COC(=O)c1sc2cc(C)ccc2c1O. The standard InChI is InChI=1S/C11H10O3S/c1-6-3-4-7-8(5-6)15-10(9(7)12)11(13)14-2/h3-5,12H,1-2H3. The lowest BCUT2D eigenvalue weighted by Crippen LogP contribution is -1.97. The van der Waals surface area contributed by atoms with Crippen LogP contribution in [0, 0.1) is 6.92 Å². The molecule has 0 unspecified atom stereocenters. The molecule has 0 saturated carbocycles. The number of aromatic hydroxyl groups is 1. The van der Waals surface area contributed by atoms with E-state index in [1.165, 1.54) is 18.4 Å². The van der Waals surface area contributed by atoms with Crippen LogP contribution in [0.3, 0.4) is 0 Å². The van der Waals surface area contributed by atoms with Gasteiger partial charge < -0.3 is 9.84 Å². The molecule has 2 rings (SSSR count). The first-order valence-corrected chi connectivity index (χ1v) is 5.25. The summed E-state index contributed by atoms with van der Waals surface area (Å²) < 4.78 is 5.48. The number of ether oxygens (including phenoxy) is 1. The Kier molecular flexibility index (Phi) is 2.36. The lowest BCUT2D eigenvalue weighted by Gasteiger charge is -1.94. The van der Waals surface area contributed by atoms with Crippen LogP contribution in [0.4, 0.5) is 0 Å². The van der Waals surface area contributed by atoms with Gasteiger partial charge >= 0.3 is 5.97 Å². The number of thiophene rings is 1. The average Bonchev–Trinajstić information content (AvgIpc) is 2.54. The highest BCUT2D eigenvalue weighted by molar-refractivity contribution is 7.21. The first-order chi connectivity index (χ1) is 7.13. The van der Waals surface area contributed by atoms with Gasteiger partial charge in [0, 0.05) is 10.1 Å². The van der Waals surface area contributed by atoms with Crippen molar-refractivity contribution in [1.29, 1.82) is 0 Å². The number of carbonyl (C=O) groups is 1. The van der Waals surface area contributed by atoms with Gasteiger partial charge in [0.1, 0.15) is 5.75 Å². The molecule has 0 spiro atoms. The van der Waals surface area contributed by atoms with Crippen molar-refractivity contribution in [2.75, 3.05) is 7.11 Å². The number of fused-ring (bicyclic) bond motifs is 1. The minimum absolute atomic E-state index is 0.0156. The zero-order valence-corrected chi connectivity index (χ0v) is 9.22. The summed E-state index contributed by atoms with van der Waals surface area (Å²) in [5, 5.41) is 10.5. The number of rotatable bonds is 1. The van der Waals surface area contributed by atoms with Crippen molar-refractivity contribution >= 4 is 27.4 Å². The van der Waals surface area contributed by atoms with Crippen LogP contribution in [0.1, 0.15) is 15.2 Å². The fourth-order valence-electron chi connectivity index (χ4n) is 1.42. The van der Waals surface area contributed by atoms with Gasteiger partial charge in [-0.3, -0.25) is 0 Å². The summed E-state index contributed by atoms with van der Waals surface area (Å²) >= 11 is 1.25.